The fourth-order valence-corrected chi connectivity index (χ4v) is 13.3. The number of likely N-dealkylation sites (N-methyl/N-ethyl adjacent to an activating group) is 1. The summed E-state index contributed by atoms with van der Waals surface area (Å²) in [6.45, 7) is 5.51. The molecule has 8 aliphatic rings. The van der Waals surface area contributed by atoms with Gasteiger partial charge in [-0.2, -0.15) is 17.0 Å². The zero-order chi connectivity index (χ0) is 38.4. The second kappa shape index (κ2) is 13.9. The third kappa shape index (κ3) is 5.70. The lowest BCUT2D eigenvalue weighted by Gasteiger charge is -2.61. The Kier molecular flexibility index (Phi) is 9.22. The molecule has 8 aliphatic heterocycles. The zero-order valence-corrected chi connectivity index (χ0v) is 32.8. The van der Waals surface area contributed by atoms with Crippen molar-refractivity contribution in [2.24, 2.45) is 0 Å². The van der Waals surface area contributed by atoms with E-state index in [2.05, 4.69) is 37.9 Å². The van der Waals surface area contributed by atoms with Gasteiger partial charge in [0.15, 0.2) is 11.5 Å². The Morgan fingerprint density at radius 1 is 1.02 bits per heavy atom. The molecule has 2 aromatic rings. The maximum Gasteiger partial charge on any atom is 0.329 e. The van der Waals surface area contributed by atoms with E-state index in [4.69, 9.17) is 14.2 Å². The highest BCUT2D eigenvalue weighted by Crippen LogP contribution is 2.63. The molecular weight excluding hydrogens is 745 g/mol. The van der Waals surface area contributed by atoms with Crippen LogP contribution >= 0.6 is 23.5 Å². The molecule has 2 aromatic carbocycles. The molecule has 3 amide bonds. The fourth-order valence-electron chi connectivity index (χ4n) is 10.2. The summed E-state index contributed by atoms with van der Waals surface area (Å²) in [6.07, 6.45) is 3.12. The van der Waals surface area contributed by atoms with Crippen molar-refractivity contribution in [3.63, 3.8) is 0 Å². The number of rotatable bonds is 6. The van der Waals surface area contributed by atoms with E-state index in [1.54, 1.807) is 6.92 Å². The third-order valence-corrected chi connectivity index (χ3v) is 15.9. The number of amides is 3. The molecule has 0 radical (unpaired) electrons. The number of piperazine rings is 1. The van der Waals surface area contributed by atoms with Crippen LogP contribution in [0.5, 0.6) is 23.0 Å². The summed E-state index contributed by atoms with van der Waals surface area (Å²) in [5.41, 5.74) is 5.42. The van der Waals surface area contributed by atoms with Crippen LogP contribution < -0.4 is 25.4 Å². The van der Waals surface area contributed by atoms with Gasteiger partial charge in [0.1, 0.15) is 30.2 Å². The number of phenols is 2. The molecule has 292 valence electrons. The van der Waals surface area contributed by atoms with Crippen LogP contribution in [0.2, 0.25) is 0 Å². The van der Waals surface area contributed by atoms with Crippen LogP contribution in [0.25, 0.3) is 0 Å². The van der Waals surface area contributed by atoms with Crippen molar-refractivity contribution in [1.29, 1.82) is 5.26 Å². The highest BCUT2D eigenvalue weighted by molar-refractivity contribution is 8.00. The van der Waals surface area contributed by atoms with Crippen LogP contribution in [0.15, 0.2) is 6.07 Å². The minimum Gasteiger partial charge on any atom is -0.507 e. The number of aryl methyl sites for hydroxylation is 1. The molecular formula is C39H46N6O8S2. The first-order chi connectivity index (χ1) is 26.5. The fraction of sp³-hybridized carbons (Fsp3) is 0.590. The lowest BCUT2D eigenvalue weighted by molar-refractivity contribution is -0.152. The molecule has 14 nitrogen and oxygen atoms in total. The van der Waals surface area contributed by atoms with Crippen molar-refractivity contribution in [2.75, 3.05) is 32.0 Å². The van der Waals surface area contributed by atoms with E-state index < -0.39 is 35.4 Å². The van der Waals surface area contributed by atoms with Gasteiger partial charge in [-0.05, 0) is 63.8 Å². The molecule has 5 N–H and O–H groups in total. The van der Waals surface area contributed by atoms with E-state index in [9.17, 15) is 29.9 Å². The SMILES string of the molecule is Cc1cc2c(c(O)c1C)[C@@H]1C3[C@@H]4SC[C@H](NC(=O)CCCCC5SCC6NC(=O)NC65)C(=O)OC[C@H](c5c6c(c(C)c(O)c54)OCO6)N3[C@@H](C#N)[C@@H](C2)N1C. The lowest BCUT2D eigenvalue weighted by Crippen LogP contribution is -2.69. The van der Waals surface area contributed by atoms with E-state index in [1.807, 2.05) is 32.7 Å². The van der Waals surface area contributed by atoms with Crippen LogP contribution in [0, 0.1) is 32.1 Å². The predicted molar refractivity (Wildman–Crippen MR) is 204 cm³/mol. The summed E-state index contributed by atoms with van der Waals surface area (Å²) < 4.78 is 18.1. The highest BCUT2D eigenvalue weighted by atomic mass is 32.2. The summed E-state index contributed by atoms with van der Waals surface area (Å²) >= 11 is 3.28. The Hall–Kier alpha value is -4.04. The predicted octanol–water partition coefficient (Wildman–Crippen LogP) is 3.52. The minimum atomic E-state index is -0.949. The van der Waals surface area contributed by atoms with Gasteiger partial charge < -0.3 is 40.4 Å². The molecule has 4 fully saturated rings. The molecule has 4 bridgehead atoms. The first kappa shape index (κ1) is 36.6. The summed E-state index contributed by atoms with van der Waals surface area (Å²) in [7, 11) is 2.00. The number of esters is 1. The minimum absolute atomic E-state index is 0.0299. The molecule has 4 saturated heterocycles. The van der Waals surface area contributed by atoms with E-state index >= 15 is 0 Å². The van der Waals surface area contributed by atoms with Crippen LogP contribution in [0.4, 0.5) is 4.79 Å². The van der Waals surface area contributed by atoms with Crippen LogP contribution in [0.3, 0.4) is 0 Å². The van der Waals surface area contributed by atoms with Gasteiger partial charge in [0.2, 0.25) is 12.7 Å². The van der Waals surface area contributed by atoms with Crippen LogP contribution in [-0.4, -0.2) is 111 Å². The number of ether oxygens (including phenoxy) is 3. The molecule has 55 heavy (non-hydrogen) atoms. The molecule has 0 aromatic heterocycles. The summed E-state index contributed by atoms with van der Waals surface area (Å²) in [5, 5.41) is 43.6. The van der Waals surface area contributed by atoms with E-state index in [0.29, 0.717) is 46.3 Å². The molecule has 0 aliphatic carbocycles. The molecule has 0 saturated carbocycles. The monoisotopic (exact) mass is 790 g/mol. The number of fused-ring (bicyclic) bond motifs is 11. The number of urea groups is 1. The van der Waals surface area contributed by atoms with Gasteiger partial charge in [-0.3, -0.25) is 14.6 Å². The molecule has 8 heterocycles. The number of nitrogens with zero attached hydrogens (tertiary/aromatic N) is 3. The number of carbonyl (C=O) groups is 3. The quantitative estimate of drug-likeness (QED) is 0.163. The van der Waals surface area contributed by atoms with E-state index in [0.717, 1.165) is 40.8 Å². The number of hydrogen-bond acceptors (Lipinski definition) is 13. The zero-order valence-electron chi connectivity index (χ0n) is 31.2. The standard InChI is InChI=1S/C39H46N6O8S2/c1-16-9-19-10-22-23(11-40)45-24-12-51-38(49)21(41-26(46)8-6-5-7-25-30-20(13-54-25)42-39(50)43-30)14-55-37(32(45)31(44(22)4)27(19)33(47)17(16)2)29-28(24)36-35(52-15-53-36)18(3)34(29)48/h9,20-25,30-32,37,47-48H,5-8,10,12-15H2,1-4H3,(H,41,46)(H2,42,43,50)/t20?,21-,22+,23-,24+,25?,30?,31+,32?,37+/m0/s1. The number of phenolic OH excluding ortho intramolecular Hbond substituents is 2. The third-order valence-electron chi connectivity index (χ3n) is 13.0. The topological polar surface area (TPSA) is 186 Å². The maximum absolute atomic E-state index is 13.9. The number of aromatic hydroxyl groups is 2. The summed E-state index contributed by atoms with van der Waals surface area (Å²) in [4.78, 5) is 43.4. The first-order valence-corrected chi connectivity index (χ1v) is 21.2. The summed E-state index contributed by atoms with van der Waals surface area (Å²) in [6, 6.07) is 1.55. The van der Waals surface area contributed by atoms with Crippen molar-refractivity contribution in [3.8, 4) is 29.1 Å². The number of unbranched alkanes of at least 4 members (excludes halogenated alkanes) is 1. The van der Waals surface area contributed by atoms with Crippen LogP contribution in [0.1, 0.15) is 82.0 Å². The van der Waals surface area contributed by atoms with Gasteiger partial charge >= 0.3 is 12.0 Å². The van der Waals surface area contributed by atoms with Crippen molar-refractivity contribution in [1.82, 2.24) is 25.8 Å². The number of benzene rings is 2. The van der Waals surface area contributed by atoms with Crippen molar-refractivity contribution in [3.05, 3.63) is 45.0 Å². The van der Waals surface area contributed by atoms with Crippen molar-refractivity contribution < 1.29 is 38.8 Å². The number of carbonyl (C=O) groups excluding carboxylic acids is 3. The maximum atomic E-state index is 13.9. The lowest BCUT2D eigenvalue weighted by atomic mass is 9.71. The number of nitriles is 1. The van der Waals surface area contributed by atoms with Gasteiger partial charge in [0.25, 0.3) is 0 Å². The van der Waals surface area contributed by atoms with Crippen molar-refractivity contribution >= 4 is 41.4 Å². The smallest absolute Gasteiger partial charge is 0.329 e. The van der Waals surface area contributed by atoms with E-state index in [1.165, 1.54) is 11.8 Å². The Bertz CT molecular complexity index is 2030. The van der Waals surface area contributed by atoms with Gasteiger partial charge in [-0.25, -0.2) is 9.59 Å². The average molecular weight is 791 g/mol. The average Bonchev–Trinajstić information content (AvgIpc) is 3.89. The summed E-state index contributed by atoms with van der Waals surface area (Å²) in [5.74, 6) is 1.43. The molecule has 4 unspecified atom stereocenters. The molecule has 0 spiro atoms. The number of thioether (sulfide) groups is 2. The number of nitrogens with one attached hydrogen (secondary N) is 3. The Morgan fingerprint density at radius 2 is 1.80 bits per heavy atom. The molecule has 16 heteroatoms. The number of hydrogen-bond donors (Lipinski definition) is 5. The normalized spacial score (nSPS) is 33.0. The second-order valence-corrected chi connectivity index (χ2v) is 18.3. The van der Waals surface area contributed by atoms with Gasteiger partial charge in [0.05, 0.1) is 35.5 Å². The Labute approximate surface area is 328 Å². The van der Waals surface area contributed by atoms with E-state index in [-0.39, 0.29) is 73.2 Å². The van der Waals surface area contributed by atoms with Crippen molar-refractivity contribution in [2.45, 2.75) is 112 Å². The Balaban J connectivity index is 1.04. The second-order valence-electron chi connectivity index (χ2n) is 15.9. The highest BCUT2D eigenvalue weighted by Gasteiger charge is 2.60. The van der Waals surface area contributed by atoms with Crippen LogP contribution in [-0.2, 0) is 20.7 Å². The first-order valence-electron chi connectivity index (χ1n) is 19.1. The Morgan fingerprint density at radius 3 is 2.60 bits per heavy atom. The molecule has 10 atom stereocenters. The molecule has 10 rings (SSSR count). The largest absolute Gasteiger partial charge is 0.507 e. The van der Waals surface area contributed by atoms with Gasteiger partial charge in [0, 0.05) is 57.5 Å². The van der Waals surface area contributed by atoms with Gasteiger partial charge in [-0.15, -0.1) is 11.8 Å². The van der Waals surface area contributed by atoms with Gasteiger partial charge in [-0.1, -0.05) is 12.5 Å².